The summed E-state index contributed by atoms with van der Waals surface area (Å²) in [6, 6.07) is 0. The van der Waals surface area contributed by atoms with Gasteiger partial charge in [0.1, 0.15) is 6.54 Å². The molecular formula is C6H4Cl2N2O. The molecule has 0 saturated carbocycles. The second kappa shape index (κ2) is 3.64. The van der Waals surface area contributed by atoms with E-state index in [0.717, 1.165) is 0 Å². The van der Waals surface area contributed by atoms with Gasteiger partial charge in [0.05, 0.1) is 10.0 Å². The molecule has 5 heteroatoms. The third-order valence-electron chi connectivity index (χ3n) is 1.14. The Hall–Kier alpha value is -0.670. The molecule has 0 amide bonds. The number of hydrogen-bond donors (Lipinski definition) is 0. The van der Waals surface area contributed by atoms with Gasteiger partial charge in [0.25, 0.3) is 0 Å². The first kappa shape index (κ1) is 8.43. The van der Waals surface area contributed by atoms with E-state index in [1.54, 1.807) is 0 Å². The minimum absolute atomic E-state index is 0.00634. The van der Waals surface area contributed by atoms with E-state index in [2.05, 4.69) is 10.2 Å². The summed E-state index contributed by atoms with van der Waals surface area (Å²) < 4.78 is 0. The van der Waals surface area contributed by atoms with Crippen molar-refractivity contribution >= 4 is 23.2 Å². The molecule has 0 atom stereocenters. The molecule has 1 heterocycles. The fourth-order valence-corrected chi connectivity index (χ4v) is 0.974. The van der Waals surface area contributed by atoms with Crippen molar-refractivity contribution in [2.45, 2.75) is 6.54 Å². The van der Waals surface area contributed by atoms with Crippen LogP contribution in [0.15, 0.2) is 17.6 Å². The third kappa shape index (κ3) is 1.88. The molecule has 0 aliphatic heterocycles. The molecule has 0 N–H and O–H groups in total. The van der Waals surface area contributed by atoms with E-state index >= 15 is 0 Å². The number of halogens is 2. The molecule has 0 fully saturated rings. The predicted octanol–water partition coefficient (Wildman–Crippen LogP) is 2.65. The molecule has 1 aromatic heterocycles. The number of nitroso groups, excluding NO2 is 1. The van der Waals surface area contributed by atoms with Crippen LogP contribution >= 0.6 is 23.2 Å². The highest BCUT2D eigenvalue weighted by atomic mass is 35.5. The summed E-state index contributed by atoms with van der Waals surface area (Å²) >= 11 is 11.3. The minimum atomic E-state index is 0.00634. The van der Waals surface area contributed by atoms with Crippen molar-refractivity contribution in [1.29, 1.82) is 0 Å². The van der Waals surface area contributed by atoms with Crippen LogP contribution in [-0.4, -0.2) is 4.98 Å². The van der Waals surface area contributed by atoms with Gasteiger partial charge in [-0.1, -0.05) is 28.4 Å². The van der Waals surface area contributed by atoms with Gasteiger partial charge in [-0.25, -0.2) is 0 Å². The summed E-state index contributed by atoms with van der Waals surface area (Å²) in [5.74, 6) is 0. The van der Waals surface area contributed by atoms with Gasteiger partial charge >= 0.3 is 0 Å². The zero-order chi connectivity index (χ0) is 8.27. The Morgan fingerprint density at radius 1 is 1.45 bits per heavy atom. The van der Waals surface area contributed by atoms with Crippen LogP contribution in [-0.2, 0) is 6.54 Å². The third-order valence-corrected chi connectivity index (χ3v) is 1.97. The Kier molecular flexibility index (Phi) is 2.79. The molecule has 0 unspecified atom stereocenters. The lowest BCUT2D eigenvalue weighted by molar-refractivity contribution is 1.03. The molecule has 0 aliphatic carbocycles. The minimum Gasteiger partial charge on any atom is -0.263 e. The van der Waals surface area contributed by atoms with Crippen LogP contribution in [0.25, 0.3) is 0 Å². The molecule has 0 spiro atoms. The van der Waals surface area contributed by atoms with Crippen molar-refractivity contribution in [3.63, 3.8) is 0 Å². The maximum Gasteiger partial charge on any atom is 0.109 e. The van der Waals surface area contributed by atoms with Gasteiger partial charge in [0.2, 0.25) is 0 Å². The van der Waals surface area contributed by atoms with Crippen LogP contribution in [0, 0.1) is 4.91 Å². The lowest BCUT2D eigenvalue weighted by atomic mass is 10.3. The highest BCUT2D eigenvalue weighted by Crippen LogP contribution is 2.24. The van der Waals surface area contributed by atoms with Crippen LogP contribution in [0.1, 0.15) is 5.56 Å². The molecule has 0 aliphatic rings. The van der Waals surface area contributed by atoms with Crippen molar-refractivity contribution in [1.82, 2.24) is 4.98 Å². The predicted molar refractivity (Wildman–Crippen MR) is 43.8 cm³/mol. The molecule has 3 nitrogen and oxygen atoms in total. The Morgan fingerprint density at radius 2 is 2.18 bits per heavy atom. The summed E-state index contributed by atoms with van der Waals surface area (Å²) in [6.45, 7) is 0.00634. The smallest absolute Gasteiger partial charge is 0.109 e. The molecule has 0 bridgehead atoms. The van der Waals surface area contributed by atoms with E-state index < -0.39 is 0 Å². The van der Waals surface area contributed by atoms with E-state index in [9.17, 15) is 4.91 Å². The number of aromatic nitrogens is 1. The maximum absolute atomic E-state index is 9.86. The standard InChI is InChI=1S/C6H4Cl2N2O/c7-5-3-9-1-4(2-10-11)6(5)8/h1,3H,2H2. The van der Waals surface area contributed by atoms with Crippen molar-refractivity contribution in [3.8, 4) is 0 Å². The van der Waals surface area contributed by atoms with Crippen LogP contribution in [0.3, 0.4) is 0 Å². The van der Waals surface area contributed by atoms with E-state index in [4.69, 9.17) is 23.2 Å². The SMILES string of the molecule is O=NCc1cncc(Cl)c1Cl. The highest BCUT2D eigenvalue weighted by molar-refractivity contribution is 6.42. The summed E-state index contributed by atoms with van der Waals surface area (Å²) in [4.78, 5) is 13.6. The molecular weight excluding hydrogens is 187 g/mol. The molecule has 1 aromatic rings. The second-order valence-electron chi connectivity index (χ2n) is 1.88. The fourth-order valence-electron chi connectivity index (χ4n) is 0.639. The quantitative estimate of drug-likeness (QED) is 0.674. The van der Waals surface area contributed by atoms with Crippen LogP contribution in [0.2, 0.25) is 10.0 Å². The lowest BCUT2D eigenvalue weighted by Crippen LogP contribution is -1.85. The van der Waals surface area contributed by atoms with Gasteiger partial charge in [0, 0.05) is 18.0 Å². The average molecular weight is 191 g/mol. The number of hydrogen-bond acceptors (Lipinski definition) is 3. The molecule has 0 aromatic carbocycles. The summed E-state index contributed by atoms with van der Waals surface area (Å²) in [7, 11) is 0. The van der Waals surface area contributed by atoms with Crippen LogP contribution < -0.4 is 0 Å². The highest BCUT2D eigenvalue weighted by Gasteiger charge is 2.03. The molecule has 0 radical (unpaired) electrons. The monoisotopic (exact) mass is 190 g/mol. The van der Waals surface area contributed by atoms with Crippen LogP contribution in [0.4, 0.5) is 0 Å². The zero-order valence-electron chi connectivity index (χ0n) is 5.42. The first-order valence-corrected chi connectivity index (χ1v) is 3.58. The fraction of sp³-hybridized carbons (Fsp3) is 0.167. The first-order chi connectivity index (χ1) is 5.25. The van der Waals surface area contributed by atoms with Crippen molar-refractivity contribution in [2.75, 3.05) is 0 Å². The lowest BCUT2D eigenvalue weighted by Gasteiger charge is -1.98. The maximum atomic E-state index is 9.86. The average Bonchev–Trinajstić information content (AvgIpc) is 1.99. The Labute approximate surface area is 73.3 Å². The number of nitrogens with zero attached hydrogens (tertiary/aromatic N) is 2. The van der Waals surface area contributed by atoms with Crippen LogP contribution in [0.5, 0.6) is 0 Å². The Balaban J connectivity index is 3.05. The molecule has 58 valence electrons. The zero-order valence-corrected chi connectivity index (χ0v) is 6.93. The van der Waals surface area contributed by atoms with E-state index in [1.165, 1.54) is 12.4 Å². The van der Waals surface area contributed by atoms with Gasteiger partial charge in [-0.15, -0.1) is 0 Å². The topological polar surface area (TPSA) is 42.3 Å². The van der Waals surface area contributed by atoms with Gasteiger partial charge in [-0.2, -0.15) is 4.91 Å². The van der Waals surface area contributed by atoms with Crippen molar-refractivity contribution in [2.24, 2.45) is 5.18 Å². The largest absolute Gasteiger partial charge is 0.263 e. The molecule has 0 saturated heterocycles. The van der Waals surface area contributed by atoms with Gasteiger partial charge < -0.3 is 0 Å². The van der Waals surface area contributed by atoms with Crippen molar-refractivity contribution in [3.05, 3.63) is 32.9 Å². The normalized spacial score (nSPS) is 9.64. The first-order valence-electron chi connectivity index (χ1n) is 2.82. The molecule has 11 heavy (non-hydrogen) atoms. The van der Waals surface area contributed by atoms with Gasteiger partial charge in [0.15, 0.2) is 0 Å². The van der Waals surface area contributed by atoms with Gasteiger partial charge in [-0.3, -0.25) is 4.98 Å². The second-order valence-corrected chi connectivity index (χ2v) is 2.67. The summed E-state index contributed by atoms with van der Waals surface area (Å²) in [5.41, 5.74) is 0.550. The molecule has 1 rings (SSSR count). The number of pyridine rings is 1. The summed E-state index contributed by atoms with van der Waals surface area (Å²) in [5, 5.41) is 3.36. The van der Waals surface area contributed by atoms with E-state index in [1.807, 2.05) is 0 Å². The number of rotatable bonds is 2. The van der Waals surface area contributed by atoms with Gasteiger partial charge in [-0.05, 0) is 0 Å². The Morgan fingerprint density at radius 3 is 2.82 bits per heavy atom. The van der Waals surface area contributed by atoms with E-state index in [0.29, 0.717) is 15.6 Å². The van der Waals surface area contributed by atoms with E-state index in [-0.39, 0.29) is 6.54 Å². The Bertz CT molecular complexity index is 277. The van der Waals surface area contributed by atoms with Crippen molar-refractivity contribution < 1.29 is 0 Å². The summed E-state index contributed by atoms with van der Waals surface area (Å²) in [6.07, 6.45) is 2.88.